The van der Waals surface area contributed by atoms with E-state index in [-0.39, 0.29) is 6.10 Å². The van der Waals surface area contributed by atoms with Crippen LogP contribution in [0.1, 0.15) is 17.5 Å². The van der Waals surface area contributed by atoms with Gasteiger partial charge in [-0.3, -0.25) is 4.90 Å². The SMILES string of the molecule is c1ccc2c(c1)CC[C@@H]1C2=NO[C@H]1CN1CCNCC1. The predicted octanol–water partition coefficient (Wildman–Crippen LogP) is 1.26. The molecule has 0 unspecified atom stereocenters. The molecule has 106 valence electrons. The number of aryl methyl sites for hydroxylation is 1. The van der Waals surface area contributed by atoms with Crippen molar-refractivity contribution in [3.63, 3.8) is 0 Å². The van der Waals surface area contributed by atoms with Crippen LogP contribution in [0, 0.1) is 5.92 Å². The molecule has 2 atom stereocenters. The third kappa shape index (κ3) is 2.13. The molecule has 2 heterocycles. The van der Waals surface area contributed by atoms with Crippen molar-refractivity contribution >= 4 is 5.71 Å². The third-order valence-corrected chi connectivity index (χ3v) is 4.75. The second-order valence-electron chi connectivity index (χ2n) is 5.97. The molecule has 1 aromatic carbocycles. The van der Waals surface area contributed by atoms with Crippen molar-refractivity contribution in [3.05, 3.63) is 35.4 Å². The van der Waals surface area contributed by atoms with E-state index in [9.17, 15) is 0 Å². The zero-order valence-corrected chi connectivity index (χ0v) is 11.7. The highest BCUT2D eigenvalue weighted by atomic mass is 16.6. The Balaban J connectivity index is 1.49. The van der Waals surface area contributed by atoms with Crippen LogP contribution in [0.3, 0.4) is 0 Å². The van der Waals surface area contributed by atoms with Crippen LogP contribution in [-0.2, 0) is 11.3 Å². The quantitative estimate of drug-likeness (QED) is 0.880. The molecular formula is C16H21N3O. The molecule has 4 rings (SSSR count). The molecule has 0 aromatic heterocycles. The Kier molecular flexibility index (Phi) is 3.20. The Bertz CT molecular complexity index is 522. The summed E-state index contributed by atoms with van der Waals surface area (Å²) >= 11 is 0. The van der Waals surface area contributed by atoms with E-state index < -0.39 is 0 Å². The minimum atomic E-state index is 0.247. The van der Waals surface area contributed by atoms with Gasteiger partial charge in [0.2, 0.25) is 0 Å². The summed E-state index contributed by atoms with van der Waals surface area (Å²) in [4.78, 5) is 8.29. The van der Waals surface area contributed by atoms with Crippen molar-refractivity contribution in [1.29, 1.82) is 0 Å². The number of hydrogen-bond acceptors (Lipinski definition) is 4. The number of fused-ring (bicyclic) bond motifs is 3. The molecule has 1 N–H and O–H groups in total. The summed E-state index contributed by atoms with van der Waals surface area (Å²) in [6.07, 6.45) is 2.57. The largest absolute Gasteiger partial charge is 0.390 e. The lowest BCUT2D eigenvalue weighted by Crippen LogP contribution is -2.48. The molecule has 0 saturated carbocycles. The summed E-state index contributed by atoms with van der Waals surface area (Å²) in [7, 11) is 0. The third-order valence-electron chi connectivity index (χ3n) is 4.75. The summed E-state index contributed by atoms with van der Waals surface area (Å²) in [5, 5.41) is 7.82. The average Bonchev–Trinajstić information content (AvgIpc) is 2.92. The van der Waals surface area contributed by atoms with Gasteiger partial charge in [0.1, 0.15) is 6.10 Å². The molecule has 3 aliphatic rings. The molecule has 4 heteroatoms. The molecule has 1 aliphatic carbocycles. The van der Waals surface area contributed by atoms with Gasteiger partial charge in [-0.15, -0.1) is 0 Å². The number of oxime groups is 1. The topological polar surface area (TPSA) is 36.9 Å². The van der Waals surface area contributed by atoms with E-state index in [0.717, 1.165) is 39.1 Å². The van der Waals surface area contributed by atoms with Crippen LogP contribution in [0.5, 0.6) is 0 Å². The van der Waals surface area contributed by atoms with E-state index in [4.69, 9.17) is 4.84 Å². The molecule has 0 amide bonds. The van der Waals surface area contributed by atoms with E-state index in [0.29, 0.717) is 5.92 Å². The number of piperazine rings is 1. The number of rotatable bonds is 2. The molecule has 1 fully saturated rings. The smallest absolute Gasteiger partial charge is 0.148 e. The van der Waals surface area contributed by atoms with Crippen molar-refractivity contribution in [2.24, 2.45) is 11.1 Å². The Morgan fingerprint density at radius 3 is 3.00 bits per heavy atom. The minimum absolute atomic E-state index is 0.247. The van der Waals surface area contributed by atoms with Crippen LogP contribution in [0.15, 0.2) is 29.4 Å². The number of nitrogens with one attached hydrogen (secondary N) is 1. The van der Waals surface area contributed by atoms with Crippen LogP contribution in [-0.4, -0.2) is 49.4 Å². The predicted molar refractivity (Wildman–Crippen MR) is 79.0 cm³/mol. The Morgan fingerprint density at radius 2 is 2.10 bits per heavy atom. The maximum absolute atomic E-state index is 5.79. The molecular weight excluding hydrogens is 250 g/mol. The number of benzene rings is 1. The maximum Gasteiger partial charge on any atom is 0.148 e. The molecule has 4 nitrogen and oxygen atoms in total. The Labute approximate surface area is 119 Å². The lowest BCUT2D eigenvalue weighted by atomic mass is 9.79. The van der Waals surface area contributed by atoms with E-state index in [2.05, 4.69) is 39.6 Å². The highest BCUT2D eigenvalue weighted by molar-refractivity contribution is 6.05. The van der Waals surface area contributed by atoms with Gasteiger partial charge in [-0.1, -0.05) is 29.4 Å². The van der Waals surface area contributed by atoms with Gasteiger partial charge in [-0.2, -0.15) is 0 Å². The molecule has 0 radical (unpaired) electrons. The van der Waals surface area contributed by atoms with Crippen molar-refractivity contribution in [2.45, 2.75) is 18.9 Å². The normalized spacial score (nSPS) is 29.3. The van der Waals surface area contributed by atoms with E-state index in [1.165, 1.54) is 23.3 Å². The first-order valence-electron chi connectivity index (χ1n) is 7.67. The molecule has 1 aromatic rings. The van der Waals surface area contributed by atoms with Gasteiger partial charge in [-0.25, -0.2) is 0 Å². The molecule has 20 heavy (non-hydrogen) atoms. The Morgan fingerprint density at radius 1 is 1.25 bits per heavy atom. The fraction of sp³-hybridized carbons (Fsp3) is 0.562. The monoisotopic (exact) mass is 271 g/mol. The van der Waals surface area contributed by atoms with Crippen LogP contribution >= 0.6 is 0 Å². The minimum Gasteiger partial charge on any atom is -0.390 e. The van der Waals surface area contributed by atoms with E-state index in [1.807, 2.05) is 0 Å². The van der Waals surface area contributed by atoms with Crippen LogP contribution in [0.2, 0.25) is 0 Å². The van der Waals surface area contributed by atoms with Crippen molar-refractivity contribution in [3.8, 4) is 0 Å². The first kappa shape index (κ1) is 12.4. The summed E-state index contributed by atoms with van der Waals surface area (Å²) < 4.78 is 0. The first-order valence-corrected chi connectivity index (χ1v) is 7.67. The molecule has 2 aliphatic heterocycles. The van der Waals surface area contributed by atoms with Crippen molar-refractivity contribution in [2.75, 3.05) is 32.7 Å². The average molecular weight is 271 g/mol. The van der Waals surface area contributed by atoms with E-state index >= 15 is 0 Å². The van der Waals surface area contributed by atoms with Crippen LogP contribution in [0.25, 0.3) is 0 Å². The van der Waals surface area contributed by atoms with Crippen LogP contribution in [0.4, 0.5) is 0 Å². The van der Waals surface area contributed by atoms with Gasteiger partial charge in [0.15, 0.2) is 0 Å². The first-order chi connectivity index (χ1) is 9.92. The molecule has 1 saturated heterocycles. The zero-order chi connectivity index (χ0) is 13.4. The number of hydrogen-bond donors (Lipinski definition) is 1. The van der Waals surface area contributed by atoms with Crippen molar-refractivity contribution < 1.29 is 4.84 Å². The van der Waals surface area contributed by atoms with Gasteiger partial charge in [0, 0.05) is 44.2 Å². The fourth-order valence-corrected chi connectivity index (χ4v) is 3.62. The summed E-state index contributed by atoms with van der Waals surface area (Å²) in [6, 6.07) is 8.63. The maximum atomic E-state index is 5.79. The summed E-state index contributed by atoms with van der Waals surface area (Å²) in [6.45, 7) is 5.44. The lowest BCUT2D eigenvalue weighted by Gasteiger charge is -2.31. The summed E-state index contributed by atoms with van der Waals surface area (Å²) in [5.41, 5.74) is 3.92. The standard InChI is InChI=1S/C16H21N3O/c1-2-4-13-12(3-1)5-6-14-15(20-18-16(13)14)11-19-9-7-17-8-10-19/h1-4,14-15,17H,5-11H2/t14-,15-/m0/s1. The fourth-order valence-electron chi connectivity index (χ4n) is 3.62. The second kappa shape index (κ2) is 5.19. The van der Waals surface area contributed by atoms with Gasteiger partial charge < -0.3 is 10.2 Å². The molecule has 0 spiro atoms. The van der Waals surface area contributed by atoms with Crippen molar-refractivity contribution in [1.82, 2.24) is 10.2 Å². The van der Waals surface area contributed by atoms with E-state index in [1.54, 1.807) is 0 Å². The second-order valence-corrected chi connectivity index (χ2v) is 5.97. The number of nitrogens with zero attached hydrogens (tertiary/aromatic N) is 2. The van der Waals surface area contributed by atoms with Gasteiger partial charge >= 0.3 is 0 Å². The highest BCUT2D eigenvalue weighted by Crippen LogP contribution is 2.33. The summed E-state index contributed by atoms with van der Waals surface area (Å²) in [5.74, 6) is 0.486. The zero-order valence-electron chi connectivity index (χ0n) is 11.7. The van der Waals surface area contributed by atoms with Gasteiger partial charge in [0.05, 0.1) is 5.71 Å². The van der Waals surface area contributed by atoms with Gasteiger partial charge in [0.25, 0.3) is 0 Å². The molecule has 0 bridgehead atoms. The highest BCUT2D eigenvalue weighted by Gasteiger charge is 2.38. The lowest BCUT2D eigenvalue weighted by molar-refractivity contribution is 0.0270. The van der Waals surface area contributed by atoms with Crippen LogP contribution < -0.4 is 5.32 Å². The van der Waals surface area contributed by atoms with Gasteiger partial charge in [-0.05, 0) is 18.4 Å². The Hall–Kier alpha value is -1.39.